The van der Waals surface area contributed by atoms with E-state index in [9.17, 15) is 9.90 Å². The largest absolute Gasteiger partial charge is 0.504 e. The molecule has 0 saturated heterocycles. The number of amides is 1. The van der Waals surface area contributed by atoms with Crippen molar-refractivity contribution in [2.45, 2.75) is 6.92 Å². The van der Waals surface area contributed by atoms with E-state index in [0.29, 0.717) is 10.6 Å². The van der Waals surface area contributed by atoms with Crippen LogP contribution in [0, 0.1) is 6.92 Å². The van der Waals surface area contributed by atoms with Crippen molar-refractivity contribution in [3.8, 4) is 5.75 Å². The van der Waals surface area contributed by atoms with Gasteiger partial charge in [0.05, 0.1) is 16.3 Å². The van der Waals surface area contributed by atoms with Crippen LogP contribution in [0.3, 0.4) is 0 Å². The predicted molar refractivity (Wildman–Crippen MR) is 75.1 cm³/mol. The highest BCUT2D eigenvalue weighted by Crippen LogP contribution is 2.35. The lowest BCUT2D eigenvalue weighted by atomic mass is 10.2. The van der Waals surface area contributed by atoms with Gasteiger partial charge in [0.2, 0.25) is 0 Å². The van der Waals surface area contributed by atoms with Gasteiger partial charge in [-0.05, 0) is 30.0 Å². The molecule has 1 aromatic heterocycles. The van der Waals surface area contributed by atoms with Crippen molar-refractivity contribution < 1.29 is 9.90 Å². The Hall–Kier alpha value is -1.23. The number of thiophene rings is 1. The van der Waals surface area contributed by atoms with Gasteiger partial charge in [-0.3, -0.25) is 4.79 Å². The van der Waals surface area contributed by atoms with Gasteiger partial charge < -0.3 is 10.4 Å². The van der Waals surface area contributed by atoms with Crippen molar-refractivity contribution in [3.63, 3.8) is 0 Å². The van der Waals surface area contributed by atoms with Gasteiger partial charge in [-0.25, -0.2) is 0 Å². The van der Waals surface area contributed by atoms with Crippen LogP contribution in [-0.4, -0.2) is 11.0 Å². The number of phenols is 1. The SMILES string of the molecule is Cc1cscc1C(=O)Nc1cc(Cl)cc(Cl)c1O. The number of carbonyl (C=O) groups excluding carboxylic acids is 1. The number of hydrogen-bond donors (Lipinski definition) is 2. The van der Waals surface area contributed by atoms with E-state index in [2.05, 4.69) is 5.32 Å². The van der Waals surface area contributed by atoms with Crippen LogP contribution in [0.25, 0.3) is 0 Å². The molecular formula is C12H9Cl2NO2S. The Morgan fingerprint density at radius 2 is 2.06 bits per heavy atom. The summed E-state index contributed by atoms with van der Waals surface area (Å²) in [5.41, 5.74) is 1.64. The number of carbonyl (C=O) groups is 1. The highest BCUT2D eigenvalue weighted by atomic mass is 35.5. The van der Waals surface area contributed by atoms with Crippen LogP contribution < -0.4 is 5.32 Å². The summed E-state index contributed by atoms with van der Waals surface area (Å²) in [6.07, 6.45) is 0. The Kier molecular flexibility index (Phi) is 3.80. The van der Waals surface area contributed by atoms with Crippen LogP contribution >= 0.6 is 34.5 Å². The number of aryl methyl sites for hydroxylation is 1. The summed E-state index contributed by atoms with van der Waals surface area (Å²) in [5, 5.41) is 16.4. The molecule has 1 aromatic carbocycles. The van der Waals surface area contributed by atoms with E-state index >= 15 is 0 Å². The van der Waals surface area contributed by atoms with Gasteiger partial charge in [-0.15, -0.1) is 0 Å². The second-order valence-corrected chi connectivity index (χ2v) is 5.29. The third-order valence-electron chi connectivity index (χ3n) is 2.38. The first-order chi connectivity index (χ1) is 8.49. The molecule has 18 heavy (non-hydrogen) atoms. The van der Waals surface area contributed by atoms with Crippen molar-refractivity contribution in [2.75, 3.05) is 5.32 Å². The third-order valence-corrected chi connectivity index (χ3v) is 3.74. The summed E-state index contributed by atoms with van der Waals surface area (Å²) in [4.78, 5) is 12.0. The fraction of sp³-hybridized carbons (Fsp3) is 0.0833. The molecule has 6 heteroatoms. The molecule has 0 spiro atoms. The Labute approximate surface area is 118 Å². The van der Waals surface area contributed by atoms with Gasteiger partial charge in [0.15, 0.2) is 5.75 Å². The van der Waals surface area contributed by atoms with Crippen LogP contribution in [0.15, 0.2) is 22.9 Å². The first kappa shape index (κ1) is 13.2. The zero-order valence-corrected chi connectivity index (χ0v) is 11.7. The lowest BCUT2D eigenvalue weighted by Gasteiger charge is -2.09. The van der Waals surface area contributed by atoms with E-state index in [-0.39, 0.29) is 22.4 Å². The molecule has 0 aliphatic carbocycles. The summed E-state index contributed by atoms with van der Waals surface area (Å²) >= 11 is 13.0. The zero-order chi connectivity index (χ0) is 13.3. The maximum absolute atomic E-state index is 12.0. The number of hydrogen-bond acceptors (Lipinski definition) is 3. The molecule has 0 radical (unpaired) electrons. The van der Waals surface area contributed by atoms with Gasteiger partial charge >= 0.3 is 0 Å². The molecule has 2 N–H and O–H groups in total. The van der Waals surface area contributed by atoms with E-state index in [1.807, 2.05) is 12.3 Å². The minimum Gasteiger partial charge on any atom is -0.504 e. The number of aromatic hydroxyl groups is 1. The summed E-state index contributed by atoms with van der Waals surface area (Å²) in [7, 11) is 0. The zero-order valence-electron chi connectivity index (χ0n) is 9.33. The van der Waals surface area contributed by atoms with E-state index in [4.69, 9.17) is 23.2 Å². The Balaban J connectivity index is 2.30. The fourth-order valence-electron chi connectivity index (χ4n) is 1.44. The minimum absolute atomic E-state index is 0.0971. The molecule has 94 valence electrons. The van der Waals surface area contributed by atoms with E-state index in [1.165, 1.54) is 23.5 Å². The lowest BCUT2D eigenvalue weighted by Crippen LogP contribution is -2.12. The highest BCUT2D eigenvalue weighted by molar-refractivity contribution is 7.08. The molecule has 0 fully saturated rings. The predicted octanol–water partition coefficient (Wildman–Crippen LogP) is 4.32. The average Bonchev–Trinajstić information content (AvgIpc) is 2.71. The van der Waals surface area contributed by atoms with Crippen molar-refractivity contribution >= 4 is 46.1 Å². The second kappa shape index (κ2) is 5.18. The second-order valence-electron chi connectivity index (χ2n) is 3.71. The molecule has 2 aromatic rings. The van der Waals surface area contributed by atoms with Crippen molar-refractivity contribution in [2.24, 2.45) is 0 Å². The molecule has 0 bridgehead atoms. The van der Waals surface area contributed by atoms with Gasteiger partial charge in [0, 0.05) is 10.4 Å². The molecule has 0 aliphatic rings. The Bertz CT molecular complexity index is 610. The van der Waals surface area contributed by atoms with E-state index in [0.717, 1.165) is 5.56 Å². The van der Waals surface area contributed by atoms with Crippen molar-refractivity contribution in [1.82, 2.24) is 0 Å². The molecule has 0 aliphatic heterocycles. The summed E-state index contributed by atoms with van der Waals surface area (Å²) in [6.45, 7) is 1.84. The number of nitrogens with one attached hydrogen (secondary N) is 1. The van der Waals surface area contributed by atoms with E-state index < -0.39 is 0 Å². The monoisotopic (exact) mass is 301 g/mol. The minimum atomic E-state index is -0.303. The standard InChI is InChI=1S/C12H9Cl2NO2S/c1-6-4-18-5-8(6)12(17)15-10-3-7(13)2-9(14)11(10)16/h2-5,16H,1H3,(H,15,17). The first-order valence-corrected chi connectivity index (χ1v) is 6.71. The molecular weight excluding hydrogens is 293 g/mol. The average molecular weight is 302 g/mol. The molecule has 1 heterocycles. The van der Waals surface area contributed by atoms with Gasteiger partial charge in [-0.2, -0.15) is 11.3 Å². The van der Waals surface area contributed by atoms with Crippen molar-refractivity contribution in [1.29, 1.82) is 0 Å². The Morgan fingerprint density at radius 3 is 2.67 bits per heavy atom. The van der Waals surface area contributed by atoms with Gasteiger partial charge in [0.1, 0.15) is 0 Å². The normalized spacial score (nSPS) is 10.4. The number of phenolic OH excluding ortho intramolecular Hbond substituents is 1. The van der Waals surface area contributed by atoms with Crippen LogP contribution in [0.2, 0.25) is 10.0 Å². The number of halogens is 2. The molecule has 0 atom stereocenters. The van der Waals surface area contributed by atoms with Crippen molar-refractivity contribution in [3.05, 3.63) is 44.1 Å². The van der Waals surface area contributed by atoms with Gasteiger partial charge in [0.25, 0.3) is 5.91 Å². The topological polar surface area (TPSA) is 49.3 Å². The summed E-state index contributed by atoms with van der Waals surface area (Å²) in [5.74, 6) is -0.496. The van der Waals surface area contributed by atoms with Crippen LogP contribution in [0.4, 0.5) is 5.69 Å². The molecule has 1 amide bonds. The third kappa shape index (κ3) is 2.61. The fourth-order valence-corrected chi connectivity index (χ4v) is 2.77. The number of benzene rings is 1. The maximum Gasteiger partial charge on any atom is 0.256 e. The molecule has 0 unspecified atom stereocenters. The molecule has 3 nitrogen and oxygen atoms in total. The number of anilines is 1. The maximum atomic E-state index is 12.0. The van der Waals surface area contributed by atoms with Crippen LogP contribution in [0.1, 0.15) is 15.9 Å². The van der Waals surface area contributed by atoms with E-state index in [1.54, 1.807) is 5.38 Å². The smallest absolute Gasteiger partial charge is 0.256 e. The van der Waals surface area contributed by atoms with Crippen LogP contribution in [0.5, 0.6) is 5.75 Å². The lowest BCUT2D eigenvalue weighted by molar-refractivity contribution is 0.102. The first-order valence-electron chi connectivity index (χ1n) is 5.01. The quantitative estimate of drug-likeness (QED) is 0.812. The number of rotatable bonds is 2. The Morgan fingerprint density at radius 1 is 1.33 bits per heavy atom. The summed E-state index contributed by atoms with van der Waals surface area (Å²) in [6, 6.07) is 2.85. The summed E-state index contributed by atoms with van der Waals surface area (Å²) < 4.78 is 0. The van der Waals surface area contributed by atoms with Gasteiger partial charge in [-0.1, -0.05) is 23.2 Å². The highest BCUT2D eigenvalue weighted by Gasteiger charge is 2.14. The van der Waals surface area contributed by atoms with Crippen LogP contribution in [-0.2, 0) is 0 Å². The molecule has 0 saturated carbocycles. The molecule has 2 rings (SSSR count).